The number of benzene rings is 1. The molecular weight excluding hydrogens is 176 g/mol. The second kappa shape index (κ2) is 6.08. The fourth-order valence-electron chi connectivity index (χ4n) is 1.26. The molecule has 0 spiro atoms. The number of hydrogen-bond acceptors (Lipinski definition) is 2. The normalized spacial score (nSPS) is 9.71. The van der Waals surface area contributed by atoms with Crippen molar-refractivity contribution in [3.8, 4) is 0 Å². The molecule has 1 rings (SSSR count). The van der Waals surface area contributed by atoms with Gasteiger partial charge in [0.15, 0.2) is 12.6 Å². The van der Waals surface area contributed by atoms with Crippen molar-refractivity contribution in [1.82, 2.24) is 0 Å². The van der Waals surface area contributed by atoms with E-state index >= 15 is 0 Å². The molecule has 0 unspecified atom stereocenters. The van der Waals surface area contributed by atoms with Gasteiger partial charge in [0.2, 0.25) is 0 Å². The Labute approximate surface area is 83.9 Å². The highest BCUT2D eigenvalue weighted by molar-refractivity contribution is 5.51. The molecule has 1 aromatic carbocycles. The topological polar surface area (TPSA) is 34.1 Å². The molecule has 0 aliphatic heterocycles. The molecular formula is C12H12O2. The molecule has 0 aliphatic carbocycles. The van der Waals surface area contributed by atoms with Crippen molar-refractivity contribution >= 4 is 12.6 Å². The van der Waals surface area contributed by atoms with Crippen LogP contribution in [0.4, 0.5) is 0 Å². The lowest BCUT2D eigenvalue weighted by Crippen LogP contribution is -1.89. The van der Waals surface area contributed by atoms with Crippen molar-refractivity contribution in [3.05, 3.63) is 35.4 Å². The van der Waals surface area contributed by atoms with E-state index < -0.39 is 0 Å². The summed E-state index contributed by atoms with van der Waals surface area (Å²) in [5.74, 6) is 0. The quantitative estimate of drug-likeness (QED) is 0.681. The summed E-state index contributed by atoms with van der Waals surface area (Å²) in [6.45, 7) is 0. The van der Waals surface area contributed by atoms with E-state index in [1.54, 1.807) is 0 Å². The average Bonchev–Trinajstić information content (AvgIpc) is 2.25. The molecule has 0 saturated heterocycles. The highest BCUT2D eigenvalue weighted by Crippen LogP contribution is 2.07. The minimum absolute atomic E-state index is 0.446. The van der Waals surface area contributed by atoms with Crippen LogP contribution in [0.2, 0.25) is 0 Å². The van der Waals surface area contributed by atoms with Crippen molar-refractivity contribution in [1.29, 1.82) is 0 Å². The van der Waals surface area contributed by atoms with E-state index in [1.165, 1.54) is 0 Å². The van der Waals surface area contributed by atoms with Crippen molar-refractivity contribution < 1.29 is 9.59 Å². The van der Waals surface area contributed by atoms with Gasteiger partial charge in [-0.15, -0.1) is 0 Å². The Morgan fingerprint density at radius 2 is 1.14 bits per heavy atom. The average molecular weight is 188 g/mol. The molecule has 14 heavy (non-hydrogen) atoms. The van der Waals surface area contributed by atoms with Gasteiger partial charge in [-0.1, -0.05) is 24.3 Å². The van der Waals surface area contributed by atoms with Crippen LogP contribution in [0.5, 0.6) is 0 Å². The molecule has 72 valence electrons. The van der Waals surface area contributed by atoms with E-state index in [0.29, 0.717) is 12.8 Å². The van der Waals surface area contributed by atoms with Crippen LogP contribution in [0.25, 0.3) is 0 Å². The second-order valence-corrected chi connectivity index (χ2v) is 3.11. The third kappa shape index (κ3) is 3.52. The number of rotatable bonds is 6. The lowest BCUT2D eigenvalue weighted by Gasteiger charge is -2.00. The Kier molecular flexibility index (Phi) is 4.62. The monoisotopic (exact) mass is 188 g/mol. The summed E-state index contributed by atoms with van der Waals surface area (Å²) in [7, 11) is 0. The van der Waals surface area contributed by atoms with Gasteiger partial charge in [-0.25, -0.2) is 0 Å². The van der Waals surface area contributed by atoms with Crippen LogP contribution in [0, 0.1) is 0 Å². The van der Waals surface area contributed by atoms with Crippen LogP contribution in [-0.2, 0) is 22.4 Å². The van der Waals surface area contributed by atoms with E-state index in [2.05, 4.69) is 0 Å². The number of aryl methyl sites for hydroxylation is 2. The Balaban J connectivity index is 2.49. The summed E-state index contributed by atoms with van der Waals surface area (Å²) in [5.41, 5.74) is 2.26. The third-order valence-electron chi connectivity index (χ3n) is 2.05. The van der Waals surface area contributed by atoms with Crippen LogP contribution >= 0.6 is 0 Å². The first kappa shape index (κ1) is 10.6. The van der Waals surface area contributed by atoms with Gasteiger partial charge >= 0.3 is 0 Å². The van der Waals surface area contributed by atoms with Crippen LogP contribution in [-0.4, -0.2) is 12.6 Å². The Morgan fingerprint density at radius 1 is 0.786 bits per heavy atom. The third-order valence-corrected chi connectivity index (χ3v) is 2.05. The van der Waals surface area contributed by atoms with Gasteiger partial charge in [0.1, 0.15) is 0 Å². The molecule has 0 atom stereocenters. The Morgan fingerprint density at radius 3 is 1.43 bits per heavy atom. The number of hydrogen-bond donors (Lipinski definition) is 0. The molecule has 0 aliphatic rings. The minimum Gasteiger partial charge on any atom is -0.291 e. The Bertz CT molecular complexity index is 257. The molecule has 0 aromatic heterocycles. The zero-order chi connectivity index (χ0) is 10.2. The molecule has 0 bridgehead atoms. The number of carbonyl (C=O) groups excluding carboxylic acids is 2. The fraction of sp³-hybridized carbons (Fsp3) is 0.333. The molecule has 0 amide bonds. The minimum atomic E-state index is 0.446. The maximum atomic E-state index is 10.0. The highest BCUT2D eigenvalue weighted by Gasteiger charge is 1.95. The zero-order valence-electron chi connectivity index (χ0n) is 7.95. The first-order valence-corrected chi connectivity index (χ1v) is 4.64. The van der Waals surface area contributed by atoms with Crippen LogP contribution < -0.4 is 0 Å². The summed E-state index contributed by atoms with van der Waals surface area (Å²) in [6.07, 6.45) is 6.10. The van der Waals surface area contributed by atoms with Crippen LogP contribution in [0.15, 0.2) is 24.3 Å². The van der Waals surface area contributed by atoms with Gasteiger partial charge < -0.3 is 0 Å². The van der Waals surface area contributed by atoms with Crippen LogP contribution in [0.1, 0.15) is 24.0 Å². The standard InChI is InChI=1S/C12H12O2/c13-9-1-3-11-5-7-12(8-6-11)4-2-10-14/h5-8H,1-4H2. The van der Waals surface area contributed by atoms with E-state index in [-0.39, 0.29) is 0 Å². The Hall–Kier alpha value is -1.44. The zero-order valence-corrected chi connectivity index (χ0v) is 7.95. The van der Waals surface area contributed by atoms with E-state index in [4.69, 9.17) is 0 Å². The lowest BCUT2D eigenvalue weighted by molar-refractivity contribution is 0.550. The summed E-state index contributed by atoms with van der Waals surface area (Å²) in [4.78, 5) is 20.0. The van der Waals surface area contributed by atoms with Gasteiger partial charge in [-0.2, -0.15) is 0 Å². The van der Waals surface area contributed by atoms with E-state index in [0.717, 1.165) is 24.0 Å². The summed E-state index contributed by atoms with van der Waals surface area (Å²) in [6, 6.07) is 7.93. The lowest BCUT2D eigenvalue weighted by atomic mass is 10.1. The van der Waals surface area contributed by atoms with Gasteiger partial charge in [-0.3, -0.25) is 9.59 Å². The van der Waals surface area contributed by atoms with Gasteiger partial charge in [-0.05, 0) is 24.0 Å². The SMILES string of the molecule is O=[C]CCc1ccc(CC[C]=O)cc1. The summed E-state index contributed by atoms with van der Waals surface area (Å²) < 4.78 is 0. The molecule has 2 radical (unpaired) electrons. The van der Waals surface area contributed by atoms with Gasteiger partial charge in [0.25, 0.3) is 0 Å². The molecule has 0 heterocycles. The van der Waals surface area contributed by atoms with E-state index in [9.17, 15) is 9.59 Å². The van der Waals surface area contributed by atoms with Crippen molar-refractivity contribution in [3.63, 3.8) is 0 Å². The van der Waals surface area contributed by atoms with E-state index in [1.807, 2.05) is 36.8 Å². The van der Waals surface area contributed by atoms with Crippen molar-refractivity contribution in [2.24, 2.45) is 0 Å². The molecule has 2 nitrogen and oxygen atoms in total. The van der Waals surface area contributed by atoms with Crippen LogP contribution in [0.3, 0.4) is 0 Å². The largest absolute Gasteiger partial charge is 0.291 e. The smallest absolute Gasteiger partial charge is 0.198 e. The molecule has 0 N–H and O–H groups in total. The maximum Gasteiger partial charge on any atom is 0.198 e. The molecule has 2 heteroatoms. The molecule has 0 saturated carbocycles. The summed E-state index contributed by atoms with van der Waals surface area (Å²) >= 11 is 0. The van der Waals surface area contributed by atoms with Crippen molar-refractivity contribution in [2.75, 3.05) is 0 Å². The first-order valence-electron chi connectivity index (χ1n) is 4.64. The highest BCUT2D eigenvalue weighted by atomic mass is 16.1. The predicted molar refractivity (Wildman–Crippen MR) is 54.5 cm³/mol. The van der Waals surface area contributed by atoms with Crippen molar-refractivity contribution in [2.45, 2.75) is 25.7 Å². The molecule has 0 fully saturated rings. The predicted octanol–water partition coefficient (Wildman–Crippen LogP) is 1.77. The maximum absolute atomic E-state index is 10.0. The summed E-state index contributed by atoms with van der Waals surface area (Å²) in [5, 5.41) is 0. The van der Waals surface area contributed by atoms with Gasteiger partial charge in [0.05, 0.1) is 0 Å². The molecule has 1 aromatic rings. The first-order chi connectivity index (χ1) is 6.86. The second-order valence-electron chi connectivity index (χ2n) is 3.11. The van der Waals surface area contributed by atoms with Gasteiger partial charge in [0, 0.05) is 12.8 Å². The fourth-order valence-corrected chi connectivity index (χ4v) is 1.26.